The minimum Gasteiger partial charge on any atom is -0.466 e. The molecule has 0 saturated carbocycles. The van der Waals surface area contributed by atoms with Crippen molar-refractivity contribution in [2.24, 2.45) is 5.92 Å². The van der Waals surface area contributed by atoms with Crippen LogP contribution in [0.3, 0.4) is 0 Å². The molecule has 0 aromatic carbocycles. The molecular formula is C9H16O2. The number of carbonyl (C=O) groups is 1. The fourth-order valence-corrected chi connectivity index (χ4v) is 0.774. The molecule has 0 aliphatic carbocycles. The van der Waals surface area contributed by atoms with Crippen LogP contribution in [0, 0.1) is 5.92 Å². The molecule has 0 aliphatic heterocycles. The third-order valence-electron chi connectivity index (χ3n) is 1.69. The topological polar surface area (TPSA) is 26.3 Å². The van der Waals surface area contributed by atoms with Crippen LogP contribution in [0.25, 0.3) is 0 Å². The highest BCUT2D eigenvalue weighted by Crippen LogP contribution is 2.07. The molecule has 0 saturated heterocycles. The summed E-state index contributed by atoms with van der Waals surface area (Å²) in [5.41, 5.74) is 0.696. The molecule has 2 heteroatoms. The number of allylic oxidation sites excluding steroid dienone is 1. The third kappa shape index (κ3) is 3.81. The van der Waals surface area contributed by atoms with E-state index in [-0.39, 0.29) is 5.97 Å². The van der Waals surface area contributed by atoms with Crippen LogP contribution in [0.15, 0.2) is 11.6 Å². The van der Waals surface area contributed by atoms with Gasteiger partial charge in [-0.3, -0.25) is 0 Å². The Hall–Kier alpha value is -0.790. The summed E-state index contributed by atoms with van der Waals surface area (Å²) in [6.45, 7) is 5.94. The van der Waals surface area contributed by atoms with Gasteiger partial charge in [-0.1, -0.05) is 26.3 Å². The maximum absolute atomic E-state index is 10.9. The Morgan fingerprint density at radius 3 is 2.55 bits per heavy atom. The molecule has 0 aromatic rings. The van der Waals surface area contributed by atoms with Gasteiger partial charge in [0, 0.05) is 5.57 Å². The number of rotatable bonds is 3. The lowest BCUT2D eigenvalue weighted by molar-refractivity contribution is -0.136. The summed E-state index contributed by atoms with van der Waals surface area (Å²) in [6, 6.07) is 0. The van der Waals surface area contributed by atoms with Gasteiger partial charge in [0.05, 0.1) is 7.11 Å². The van der Waals surface area contributed by atoms with E-state index in [9.17, 15) is 4.79 Å². The van der Waals surface area contributed by atoms with Gasteiger partial charge in [0.1, 0.15) is 0 Å². The predicted molar refractivity (Wildman–Crippen MR) is 45.2 cm³/mol. The Balaban J connectivity index is 4.09. The summed E-state index contributed by atoms with van der Waals surface area (Å²) in [6.07, 6.45) is 2.99. The van der Waals surface area contributed by atoms with Gasteiger partial charge >= 0.3 is 5.97 Å². The number of hydrogen-bond donors (Lipinski definition) is 0. The smallest absolute Gasteiger partial charge is 0.333 e. The van der Waals surface area contributed by atoms with E-state index >= 15 is 0 Å². The van der Waals surface area contributed by atoms with Crippen molar-refractivity contribution in [2.75, 3.05) is 7.11 Å². The highest BCUT2D eigenvalue weighted by atomic mass is 16.5. The van der Waals surface area contributed by atoms with Crippen molar-refractivity contribution < 1.29 is 9.53 Å². The number of hydrogen-bond acceptors (Lipinski definition) is 2. The van der Waals surface area contributed by atoms with Crippen LogP contribution in [-0.4, -0.2) is 13.1 Å². The Bertz CT molecular complexity index is 159. The Morgan fingerprint density at radius 2 is 2.18 bits per heavy atom. The fourth-order valence-electron chi connectivity index (χ4n) is 0.774. The summed E-state index contributed by atoms with van der Waals surface area (Å²) in [5.74, 6) is 0.222. The second-order valence-corrected chi connectivity index (χ2v) is 2.73. The largest absolute Gasteiger partial charge is 0.466 e. The van der Waals surface area contributed by atoms with E-state index in [1.54, 1.807) is 6.92 Å². The Kier molecular flexibility index (Phi) is 4.59. The number of ether oxygens (including phenoxy) is 1. The van der Waals surface area contributed by atoms with Crippen LogP contribution in [0.5, 0.6) is 0 Å². The molecule has 0 aliphatic rings. The number of esters is 1. The lowest BCUT2D eigenvalue weighted by Gasteiger charge is -2.03. The first-order chi connectivity index (χ1) is 5.11. The summed E-state index contributed by atoms with van der Waals surface area (Å²) in [4.78, 5) is 10.9. The second kappa shape index (κ2) is 4.94. The molecule has 0 spiro atoms. The molecule has 2 nitrogen and oxygen atoms in total. The van der Waals surface area contributed by atoms with Crippen LogP contribution in [0.2, 0.25) is 0 Å². The van der Waals surface area contributed by atoms with Gasteiger partial charge in [0.25, 0.3) is 0 Å². The summed E-state index contributed by atoms with van der Waals surface area (Å²) in [5, 5.41) is 0. The van der Waals surface area contributed by atoms with E-state index in [2.05, 4.69) is 18.6 Å². The van der Waals surface area contributed by atoms with E-state index < -0.39 is 0 Å². The van der Waals surface area contributed by atoms with Crippen LogP contribution in [0.4, 0.5) is 0 Å². The molecule has 1 unspecified atom stereocenters. The molecule has 0 radical (unpaired) electrons. The summed E-state index contributed by atoms with van der Waals surface area (Å²) in [7, 11) is 1.40. The average molecular weight is 156 g/mol. The van der Waals surface area contributed by atoms with Gasteiger partial charge in [-0.15, -0.1) is 0 Å². The second-order valence-electron chi connectivity index (χ2n) is 2.73. The molecular weight excluding hydrogens is 140 g/mol. The molecule has 64 valence electrons. The molecule has 0 bridgehead atoms. The lowest BCUT2D eigenvalue weighted by atomic mass is 10.1. The van der Waals surface area contributed by atoms with E-state index in [1.165, 1.54) is 7.11 Å². The van der Waals surface area contributed by atoms with Crippen LogP contribution in [-0.2, 0) is 9.53 Å². The maximum Gasteiger partial charge on any atom is 0.333 e. The van der Waals surface area contributed by atoms with Crippen molar-refractivity contribution in [1.29, 1.82) is 0 Å². The molecule has 0 N–H and O–H groups in total. The van der Waals surface area contributed by atoms with Gasteiger partial charge in [-0.2, -0.15) is 0 Å². The van der Waals surface area contributed by atoms with Crippen molar-refractivity contribution in [3.05, 3.63) is 11.6 Å². The van der Waals surface area contributed by atoms with Crippen LogP contribution >= 0.6 is 0 Å². The van der Waals surface area contributed by atoms with Crippen molar-refractivity contribution in [2.45, 2.75) is 27.2 Å². The maximum atomic E-state index is 10.9. The molecule has 0 amide bonds. The third-order valence-corrected chi connectivity index (χ3v) is 1.69. The standard InChI is InChI=1S/C9H16O2/c1-5-7(2)6-8(3)9(10)11-4/h6-7H,5H2,1-4H3/b8-6+. The fraction of sp³-hybridized carbons (Fsp3) is 0.667. The first-order valence-corrected chi connectivity index (χ1v) is 3.88. The molecule has 0 rings (SSSR count). The molecule has 0 fully saturated rings. The van der Waals surface area contributed by atoms with E-state index in [1.807, 2.05) is 6.08 Å². The van der Waals surface area contributed by atoms with Gasteiger partial charge in [0.15, 0.2) is 0 Å². The predicted octanol–water partition coefficient (Wildman–Crippen LogP) is 2.15. The SMILES string of the molecule is CCC(C)/C=C(\C)C(=O)OC. The van der Waals surface area contributed by atoms with Crippen LogP contribution in [0.1, 0.15) is 27.2 Å². The molecule has 0 aromatic heterocycles. The first kappa shape index (κ1) is 10.2. The first-order valence-electron chi connectivity index (χ1n) is 3.88. The average Bonchev–Trinajstić information content (AvgIpc) is 2.02. The molecule has 11 heavy (non-hydrogen) atoms. The van der Waals surface area contributed by atoms with Gasteiger partial charge in [-0.25, -0.2) is 4.79 Å². The monoisotopic (exact) mass is 156 g/mol. The zero-order chi connectivity index (χ0) is 8.85. The summed E-state index contributed by atoms with van der Waals surface area (Å²) < 4.78 is 4.55. The van der Waals surface area contributed by atoms with Gasteiger partial charge < -0.3 is 4.74 Å². The van der Waals surface area contributed by atoms with Crippen molar-refractivity contribution in [1.82, 2.24) is 0 Å². The van der Waals surface area contributed by atoms with Crippen molar-refractivity contribution in [3.8, 4) is 0 Å². The Labute approximate surface area is 68.2 Å². The molecule has 0 heterocycles. The van der Waals surface area contributed by atoms with E-state index in [4.69, 9.17) is 0 Å². The quantitative estimate of drug-likeness (QED) is 0.462. The summed E-state index contributed by atoms with van der Waals surface area (Å²) >= 11 is 0. The minimum atomic E-state index is -0.231. The van der Waals surface area contributed by atoms with Crippen molar-refractivity contribution in [3.63, 3.8) is 0 Å². The van der Waals surface area contributed by atoms with Gasteiger partial charge in [-0.05, 0) is 12.8 Å². The lowest BCUT2D eigenvalue weighted by Crippen LogP contribution is -2.03. The zero-order valence-corrected chi connectivity index (χ0v) is 7.68. The zero-order valence-electron chi connectivity index (χ0n) is 7.68. The molecule has 1 atom stereocenters. The van der Waals surface area contributed by atoms with Crippen LogP contribution < -0.4 is 0 Å². The van der Waals surface area contributed by atoms with Gasteiger partial charge in [0.2, 0.25) is 0 Å². The number of methoxy groups -OCH3 is 1. The number of carbonyl (C=O) groups excluding carboxylic acids is 1. The highest BCUT2D eigenvalue weighted by Gasteiger charge is 2.03. The normalized spacial score (nSPS) is 14.4. The van der Waals surface area contributed by atoms with E-state index in [0.29, 0.717) is 11.5 Å². The Morgan fingerprint density at radius 1 is 1.64 bits per heavy atom. The minimum absolute atomic E-state index is 0.231. The van der Waals surface area contributed by atoms with Crippen molar-refractivity contribution >= 4 is 5.97 Å². The highest BCUT2D eigenvalue weighted by molar-refractivity contribution is 5.87. The van der Waals surface area contributed by atoms with E-state index in [0.717, 1.165) is 6.42 Å².